The number of hydrogen-bond donors (Lipinski definition) is 1. The molecule has 1 aliphatic heterocycles. The first kappa shape index (κ1) is 16.2. The maximum Gasteiger partial charge on any atom is 0.337 e. The molecule has 0 saturated carbocycles. The van der Waals surface area contributed by atoms with Crippen LogP contribution in [0.2, 0.25) is 5.02 Å². The lowest BCUT2D eigenvalue weighted by Crippen LogP contribution is -2.42. The van der Waals surface area contributed by atoms with Gasteiger partial charge < -0.3 is 10.5 Å². The van der Waals surface area contributed by atoms with Crippen LogP contribution in [-0.2, 0) is 14.8 Å². The maximum absolute atomic E-state index is 12.5. The lowest BCUT2D eigenvalue weighted by Gasteiger charge is -2.29. The Morgan fingerprint density at radius 1 is 1.38 bits per heavy atom. The van der Waals surface area contributed by atoms with Crippen LogP contribution in [0.25, 0.3) is 0 Å². The molecule has 1 aromatic rings. The molecule has 6 nitrogen and oxygen atoms in total. The zero-order chi connectivity index (χ0) is 15.6. The van der Waals surface area contributed by atoms with Crippen molar-refractivity contribution in [2.45, 2.75) is 23.8 Å². The molecule has 21 heavy (non-hydrogen) atoms. The average molecular weight is 333 g/mol. The number of ether oxygens (including phenoxy) is 1. The standard InChI is InChI=1S/C13H17ClN2O4S/c1-20-13(17)9-2-3-12(11(14)8-9)21(18,19)16-6-4-10(15)5-7-16/h2-3,8,10H,4-7,15H2,1H3. The molecule has 8 heteroatoms. The van der Waals surface area contributed by atoms with Crippen molar-refractivity contribution in [3.05, 3.63) is 28.8 Å². The summed E-state index contributed by atoms with van der Waals surface area (Å²) in [6.07, 6.45) is 1.24. The molecule has 2 N–H and O–H groups in total. The normalized spacial score (nSPS) is 17.7. The molecule has 0 bridgehead atoms. The van der Waals surface area contributed by atoms with Gasteiger partial charge in [-0.2, -0.15) is 4.31 Å². The third-order valence-corrected chi connectivity index (χ3v) is 5.85. The molecular formula is C13H17ClN2O4S. The third-order valence-electron chi connectivity index (χ3n) is 3.47. The van der Waals surface area contributed by atoms with Crippen LogP contribution in [0.1, 0.15) is 23.2 Å². The molecular weight excluding hydrogens is 316 g/mol. The topological polar surface area (TPSA) is 89.7 Å². The molecule has 116 valence electrons. The summed E-state index contributed by atoms with van der Waals surface area (Å²) in [7, 11) is -2.42. The van der Waals surface area contributed by atoms with E-state index in [9.17, 15) is 13.2 Å². The molecule has 0 aromatic heterocycles. The number of halogens is 1. The number of nitrogens with two attached hydrogens (primary N) is 1. The zero-order valence-electron chi connectivity index (χ0n) is 11.6. The van der Waals surface area contributed by atoms with E-state index in [0.717, 1.165) is 0 Å². The zero-order valence-corrected chi connectivity index (χ0v) is 13.2. The Morgan fingerprint density at radius 3 is 2.52 bits per heavy atom. The smallest absolute Gasteiger partial charge is 0.337 e. The monoisotopic (exact) mass is 332 g/mol. The van der Waals surface area contributed by atoms with Gasteiger partial charge in [0, 0.05) is 19.1 Å². The highest BCUT2D eigenvalue weighted by Gasteiger charge is 2.30. The Bertz CT molecular complexity index is 640. The lowest BCUT2D eigenvalue weighted by atomic mass is 10.1. The number of hydrogen-bond acceptors (Lipinski definition) is 5. The number of benzene rings is 1. The van der Waals surface area contributed by atoms with Crippen LogP contribution in [0, 0.1) is 0 Å². The average Bonchev–Trinajstić information content (AvgIpc) is 2.46. The highest BCUT2D eigenvalue weighted by Crippen LogP contribution is 2.27. The summed E-state index contributed by atoms with van der Waals surface area (Å²) < 4.78 is 31.0. The summed E-state index contributed by atoms with van der Waals surface area (Å²) in [6.45, 7) is 0.747. The summed E-state index contributed by atoms with van der Waals surface area (Å²) in [6, 6.07) is 4.06. The van der Waals surface area contributed by atoms with E-state index in [1.165, 1.54) is 29.6 Å². The van der Waals surface area contributed by atoms with E-state index in [1.54, 1.807) is 0 Å². The summed E-state index contributed by atoms with van der Waals surface area (Å²) in [5.74, 6) is -0.565. The number of esters is 1. The first-order valence-corrected chi connectivity index (χ1v) is 8.31. The highest BCUT2D eigenvalue weighted by molar-refractivity contribution is 7.89. The SMILES string of the molecule is COC(=O)c1ccc(S(=O)(=O)N2CCC(N)CC2)c(Cl)c1. The molecule has 0 unspecified atom stereocenters. The summed E-state index contributed by atoms with van der Waals surface area (Å²) in [5.41, 5.74) is 5.99. The van der Waals surface area contributed by atoms with E-state index >= 15 is 0 Å². The van der Waals surface area contributed by atoms with Gasteiger partial charge >= 0.3 is 5.97 Å². The van der Waals surface area contributed by atoms with Crippen LogP contribution in [-0.4, -0.2) is 44.9 Å². The molecule has 1 aliphatic rings. The predicted octanol–water partition coefficient (Wildman–Crippen LogP) is 1.24. The van der Waals surface area contributed by atoms with Crippen molar-refractivity contribution in [2.24, 2.45) is 5.73 Å². The Balaban J connectivity index is 2.30. The minimum absolute atomic E-state index is 0.00714. The minimum Gasteiger partial charge on any atom is -0.465 e. The minimum atomic E-state index is -3.67. The van der Waals surface area contributed by atoms with Crippen molar-refractivity contribution >= 4 is 27.6 Å². The van der Waals surface area contributed by atoms with E-state index in [2.05, 4.69) is 4.74 Å². The molecule has 0 radical (unpaired) electrons. The quantitative estimate of drug-likeness (QED) is 0.841. The fourth-order valence-corrected chi connectivity index (χ4v) is 4.20. The Kier molecular flexibility index (Phi) is 4.88. The molecule has 1 heterocycles. The van der Waals surface area contributed by atoms with E-state index < -0.39 is 16.0 Å². The van der Waals surface area contributed by atoms with Crippen LogP contribution in [0.4, 0.5) is 0 Å². The molecule has 2 rings (SSSR count). The second-order valence-corrected chi connectivity index (χ2v) is 7.19. The van der Waals surface area contributed by atoms with Crippen molar-refractivity contribution in [3.63, 3.8) is 0 Å². The summed E-state index contributed by atoms with van der Waals surface area (Å²) >= 11 is 6.02. The van der Waals surface area contributed by atoms with Gasteiger partial charge in [-0.25, -0.2) is 13.2 Å². The fraction of sp³-hybridized carbons (Fsp3) is 0.462. The fourth-order valence-electron chi connectivity index (χ4n) is 2.21. The largest absolute Gasteiger partial charge is 0.465 e. The van der Waals surface area contributed by atoms with Gasteiger partial charge in [-0.05, 0) is 31.0 Å². The second kappa shape index (κ2) is 6.31. The van der Waals surface area contributed by atoms with Gasteiger partial charge in [0.25, 0.3) is 0 Å². The third kappa shape index (κ3) is 3.37. The first-order valence-electron chi connectivity index (χ1n) is 6.50. The highest BCUT2D eigenvalue weighted by atomic mass is 35.5. The predicted molar refractivity (Wildman–Crippen MR) is 78.8 cm³/mol. The van der Waals surface area contributed by atoms with E-state index in [-0.39, 0.29) is 21.5 Å². The Hall–Kier alpha value is -1.15. The van der Waals surface area contributed by atoms with Crippen molar-refractivity contribution in [2.75, 3.05) is 20.2 Å². The second-order valence-electron chi connectivity index (χ2n) is 4.88. The molecule has 0 aliphatic carbocycles. The van der Waals surface area contributed by atoms with Gasteiger partial charge in [-0.1, -0.05) is 11.6 Å². The van der Waals surface area contributed by atoms with Gasteiger partial charge in [-0.15, -0.1) is 0 Å². The number of sulfonamides is 1. The van der Waals surface area contributed by atoms with Crippen LogP contribution >= 0.6 is 11.6 Å². The lowest BCUT2D eigenvalue weighted by molar-refractivity contribution is 0.0600. The number of methoxy groups -OCH3 is 1. The van der Waals surface area contributed by atoms with Crippen molar-refractivity contribution in [1.29, 1.82) is 0 Å². The first-order chi connectivity index (χ1) is 9.86. The van der Waals surface area contributed by atoms with E-state index in [0.29, 0.717) is 25.9 Å². The number of rotatable bonds is 3. The number of piperidine rings is 1. The van der Waals surface area contributed by atoms with Crippen LogP contribution < -0.4 is 5.73 Å². The molecule has 1 aromatic carbocycles. The van der Waals surface area contributed by atoms with Crippen LogP contribution in [0.3, 0.4) is 0 Å². The summed E-state index contributed by atoms with van der Waals surface area (Å²) in [4.78, 5) is 11.4. The Morgan fingerprint density at radius 2 is 2.00 bits per heavy atom. The van der Waals surface area contributed by atoms with E-state index in [4.69, 9.17) is 17.3 Å². The van der Waals surface area contributed by atoms with Gasteiger partial charge in [0.2, 0.25) is 10.0 Å². The van der Waals surface area contributed by atoms with Crippen LogP contribution in [0.15, 0.2) is 23.1 Å². The molecule has 1 saturated heterocycles. The number of nitrogens with zero attached hydrogens (tertiary/aromatic N) is 1. The van der Waals surface area contributed by atoms with Crippen molar-refractivity contribution in [1.82, 2.24) is 4.31 Å². The number of carbonyl (C=O) groups is 1. The van der Waals surface area contributed by atoms with Gasteiger partial charge in [-0.3, -0.25) is 0 Å². The maximum atomic E-state index is 12.5. The van der Waals surface area contributed by atoms with Crippen LogP contribution in [0.5, 0.6) is 0 Å². The molecule has 0 amide bonds. The number of carbonyl (C=O) groups excluding carboxylic acids is 1. The van der Waals surface area contributed by atoms with Crippen molar-refractivity contribution < 1.29 is 17.9 Å². The molecule has 1 fully saturated rings. The molecule has 0 atom stereocenters. The molecule has 0 spiro atoms. The van der Waals surface area contributed by atoms with Gasteiger partial charge in [0.05, 0.1) is 17.7 Å². The van der Waals surface area contributed by atoms with Gasteiger partial charge in [0.1, 0.15) is 4.90 Å². The Labute approximate surface area is 128 Å². The van der Waals surface area contributed by atoms with Crippen molar-refractivity contribution in [3.8, 4) is 0 Å². The van der Waals surface area contributed by atoms with E-state index in [1.807, 2.05) is 0 Å². The summed E-state index contributed by atoms with van der Waals surface area (Å²) in [5, 5.41) is 0.00720. The van der Waals surface area contributed by atoms with Gasteiger partial charge in [0.15, 0.2) is 0 Å².